The normalized spacial score (nSPS) is 22.3. The molecule has 0 bridgehead atoms. The van der Waals surface area contributed by atoms with E-state index in [4.69, 9.17) is 0 Å². The molecule has 0 radical (unpaired) electrons. The lowest BCUT2D eigenvalue weighted by molar-refractivity contribution is -0.132. The molecule has 0 aliphatic carbocycles. The predicted octanol–water partition coefficient (Wildman–Crippen LogP) is 5.47. The summed E-state index contributed by atoms with van der Waals surface area (Å²) in [6.45, 7) is 7.41. The van der Waals surface area contributed by atoms with Crippen LogP contribution in [-0.4, -0.2) is 54.0 Å². The molecule has 4 nitrogen and oxygen atoms in total. The molecule has 0 saturated carbocycles. The third kappa shape index (κ3) is 4.55. The Labute approximate surface area is 215 Å². The summed E-state index contributed by atoms with van der Waals surface area (Å²) in [5.74, 6) is -0.0630. The molecule has 0 N–H and O–H groups in total. The molecule has 2 saturated heterocycles. The van der Waals surface area contributed by atoms with E-state index in [1.165, 1.54) is 42.6 Å². The van der Waals surface area contributed by atoms with Crippen molar-refractivity contribution < 1.29 is 4.79 Å². The number of fused-ring (bicyclic) bond motifs is 1. The quantitative estimate of drug-likeness (QED) is 0.486. The van der Waals surface area contributed by atoms with Crippen molar-refractivity contribution in [2.45, 2.75) is 57.2 Å². The van der Waals surface area contributed by atoms with Crippen LogP contribution in [0.3, 0.4) is 0 Å². The highest BCUT2D eigenvalue weighted by Gasteiger charge is 2.34. The molecule has 3 aromatic rings. The van der Waals surface area contributed by atoms with Crippen LogP contribution < -0.4 is 4.90 Å². The van der Waals surface area contributed by atoms with Crippen LogP contribution in [-0.2, 0) is 17.8 Å². The van der Waals surface area contributed by atoms with Gasteiger partial charge in [-0.05, 0) is 73.5 Å². The molecular formula is C32H37N3O. The topological polar surface area (TPSA) is 26.8 Å². The minimum absolute atomic E-state index is 0.198. The van der Waals surface area contributed by atoms with Crippen LogP contribution in [0.25, 0.3) is 0 Å². The van der Waals surface area contributed by atoms with Crippen LogP contribution >= 0.6 is 0 Å². The maximum atomic E-state index is 13.9. The lowest BCUT2D eigenvalue weighted by Crippen LogP contribution is -2.40. The maximum Gasteiger partial charge on any atom is 0.234 e. The van der Waals surface area contributed by atoms with Crippen molar-refractivity contribution in [1.82, 2.24) is 9.80 Å². The van der Waals surface area contributed by atoms with E-state index in [-0.39, 0.29) is 11.8 Å². The lowest BCUT2D eigenvalue weighted by Gasteiger charge is -2.33. The van der Waals surface area contributed by atoms with Gasteiger partial charge in [-0.15, -0.1) is 0 Å². The zero-order valence-corrected chi connectivity index (χ0v) is 21.4. The second kappa shape index (κ2) is 10.1. The Bertz CT molecular complexity index is 1160. The SMILES string of the molecule is CC1CCCN1C1CCN(c2ccc3c(c2)CCN(C(=O)C(c2ccccc2)c2ccccc2)C3)C1. The van der Waals surface area contributed by atoms with Gasteiger partial charge in [0.15, 0.2) is 0 Å². The Morgan fingerprint density at radius 2 is 1.56 bits per heavy atom. The molecule has 3 aliphatic rings. The Kier molecular flexibility index (Phi) is 6.54. The van der Waals surface area contributed by atoms with Crippen molar-refractivity contribution in [1.29, 1.82) is 0 Å². The molecule has 0 spiro atoms. The number of hydrogen-bond acceptors (Lipinski definition) is 3. The number of amides is 1. The van der Waals surface area contributed by atoms with Crippen LogP contribution in [0, 0.1) is 0 Å². The number of anilines is 1. The Hall–Kier alpha value is -3.11. The minimum atomic E-state index is -0.261. The van der Waals surface area contributed by atoms with Crippen molar-refractivity contribution in [3.05, 3.63) is 101 Å². The second-order valence-corrected chi connectivity index (χ2v) is 10.8. The van der Waals surface area contributed by atoms with Crippen LogP contribution in [0.2, 0.25) is 0 Å². The molecule has 4 heteroatoms. The first-order chi connectivity index (χ1) is 17.7. The molecule has 3 aromatic carbocycles. The smallest absolute Gasteiger partial charge is 0.234 e. The van der Waals surface area contributed by atoms with E-state index < -0.39 is 0 Å². The summed E-state index contributed by atoms with van der Waals surface area (Å²) in [6.07, 6.45) is 4.89. The Balaban J connectivity index is 1.18. The zero-order valence-electron chi connectivity index (χ0n) is 21.4. The monoisotopic (exact) mass is 479 g/mol. The first-order valence-electron chi connectivity index (χ1n) is 13.7. The van der Waals surface area contributed by atoms with E-state index in [1.807, 2.05) is 36.4 Å². The van der Waals surface area contributed by atoms with Gasteiger partial charge in [-0.1, -0.05) is 66.7 Å². The number of nitrogens with zero attached hydrogens (tertiary/aromatic N) is 3. The Morgan fingerprint density at radius 3 is 2.22 bits per heavy atom. The molecule has 6 rings (SSSR count). The van der Waals surface area contributed by atoms with Crippen LogP contribution in [0.1, 0.15) is 54.4 Å². The molecule has 0 aromatic heterocycles. The first-order valence-corrected chi connectivity index (χ1v) is 13.7. The average molecular weight is 480 g/mol. The number of hydrogen-bond donors (Lipinski definition) is 0. The van der Waals surface area contributed by atoms with Crippen molar-refractivity contribution in [3.63, 3.8) is 0 Å². The molecule has 2 unspecified atom stereocenters. The minimum Gasteiger partial charge on any atom is -0.370 e. The largest absolute Gasteiger partial charge is 0.370 e. The summed E-state index contributed by atoms with van der Waals surface area (Å²) < 4.78 is 0. The van der Waals surface area contributed by atoms with Gasteiger partial charge in [0.25, 0.3) is 0 Å². The second-order valence-electron chi connectivity index (χ2n) is 10.8. The standard InChI is InChI=1S/C32H37N3O/c1-24-9-8-18-35(24)30-17-20-33(23-30)29-15-14-28-22-34(19-16-27(28)21-29)32(36)31(25-10-4-2-5-11-25)26-12-6-3-7-13-26/h2-7,10-15,21,24,30-31H,8-9,16-20,22-23H2,1H3. The lowest BCUT2D eigenvalue weighted by atomic mass is 9.89. The van der Waals surface area contributed by atoms with E-state index in [0.717, 1.165) is 43.2 Å². The van der Waals surface area contributed by atoms with Gasteiger partial charge in [-0.25, -0.2) is 0 Å². The summed E-state index contributed by atoms with van der Waals surface area (Å²) in [5.41, 5.74) is 6.18. The fourth-order valence-electron chi connectivity index (χ4n) is 6.62. The number of rotatable bonds is 5. The van der Waals surface area contributed by atoms with Crippen molar-refractivity contribution in [3.8, 4) is 0 Å². The Morgan fingerprint density at radius 1 is 0.833 bits per heavy atom. The van der Waals surface area contributed by atoms with Crippen LogP contribution in [0.4, 0.5) is 5.69 Å². The molecule has 186 valence electrons. The van der Waals surface area contributed by atoms with Gasteiger partial charge in [-0.3, -0.25) is 9.69 Å². The van der Waals surface area contributed by atoms with Crippen molar-refractivity contribution in [2.75, 3.05) is 31.1 Å². The number of benzene rings is 3. The van der Waals surface area contributed by atoms with Crippen molar-refractivity contribution in [2.24, 2.45) is 0 Å². The van der Waals surface area contributed by atoms with Gasteiger partial charge in [0, 0.05) is 44.0 Å². The molecule has 3 heterocycles. The van der Waals surface area contributed by atoms with Gasteiger partial charge < -0.3 is 9.80 Å². The third-order valence-electron chi connectivity index (χ3n) is 8.63. The highest BCUT2D eigenvalue weighted by Crippen LogP contribution is 2.33. The number of carbonyl (C=O) groups is 1. The van der Waals surface area contributed by atoms with E-state index >= 15 is 0 Å². The molecule has 36 heavy (non-hydrogen) atoms. The van der Waals surface area contributed by atoms with E-state index in [2.05, 4.69) is 64.1 Å². The summed E-state index contributed by atoms with van der Waals surface area (Å²) in [5, 5.41) is 0. The predicted molar refractivity (Wildman–Crippen MR) is 146 cm³/mol. The molecule has 2 atom stereocenters. The van der Waals surface area contributed by atoms with Gasteiger partial charge in [0.1, 0.15) is 0 Å². The van der Waals surface area contributed by atoms with E-state index in [9.17, 15) is 4.79 Å². The summed E-state index contributed by atoms with van der Waals surface area (Å²) in [4.78, 5) is 21.3. The number of likely N-dealkylation sites (tertiary alicyclic amines) is 1. The fraction of sp³-hybridized carbons (Fsp3) is 0.406. The van der Waals surface area contributed by atoms with Gasteiger partial charge in [0.05, 0.1) is 5.92 Å². The highest BCUT2D eigenvalue weighted by molar-refractivity contribution is 5.87. The molecular weight excluding hydrogens is 442 g/mol. The first kappa shape index (κ1) is 23.3. The van der Waals surface area contributed by atoms with Crippen molar-refractivity contribution >= 4 is 11.6 Å². The summed E-state index contributed by atoms with van der Waals surface area (Å²) >= 11 is 0. The highest BCUT2D eigenvalue weighted by atomic mass is 16.2. The van der Waals surface area contributed by atoms with Gasteiger partial charge in [-0.2, -0.15) is 0 Å². The van der Waals surface area contributed by atoms with E-state index in [1.54, 1.807) is 0 Å². The zero-order chi connectivity index (χ0) is 24.5. The third-order valence-corrected chi connectivity index (χ3v) is 8.63. The maximum absolute atomic E-state index is 13.9. The van der Waals surface area contributed by atoms with Gasteiger partial charge >= 0.3 is 0 Å². The van der Waals surface area contributed by atoms with Crippen LogP contribution in [0.15, 0.2) is 78.9 Å². The molecule has 1 amide bonds. The number of carbonyl (C=O) groups excluding carboxylic acids is 1. The fourth-order valence-corrected chi connectivity index (χ4v) is 6.62. The molecule has 3 aliphatic heterocycles. The average Bonchev–Trinajstić information content (AvgIpc) is 3.58. The summed E-state index contributed by atoms with van der Waals surface area (Å²) in [7, 11) is 0. The molecule has 2 fully saturated rings. The van der Waals surface area contributed by atoms with Gasteiger partial charge in [0.2, 0.25) is 5.91 Å². The van der Waals surface area contributed by atoms with Crippen LogP contribution in [0.5, 0.6) is 0 Å². The summed E-state index contributed by atoms with van der Waals surface area (Å²) in [6, 6.07) is 28.8. The van der Waals surface area contributed by atoms with E-state index in [0.29, 0.717) is 12.6 Å².